The highest BCUT2D eigenvalue weighted by atomic mass is 28.4. The Morgan fingerprint density at radius 1 is 0.750 bits per heavy atom. The molecule has 0 saturated carbocycles. The highest BCUT2D eigenvalue weighted by molar-refractivity contribution is 6.72. The fraction of sp³-hybridized carbons (Fsp3) is 1.00. The molecule has 0 N–H and O–H groups in total. The maximum Gasteiger partial charge on any atom is 0.240 e. The van der Waals surface area contributed by atoms with E-state index in [2.05, 4.69) is 6.55 Å². The van der Waals surface area contributed by atoms with Gasteiger partial charge in [-0.1, -0.05) is 0 Å². The average molecular weight is 252 g/mol. The molecule has 0 aromatic heterocycles. The van der Waals surface area contributed by atoms with Gasteiger partial charge in [0.1, 0.15) is 0 Å². The molecule has 0 bridgehead atoms. The van der Waals surface area contributed by atoms with Gasteiger partial charge in [0.15, 0.2) is 0 Å². The Balaban J connectivity index is 3.81. The average Bonchev–Trinajstić information content (AvgIpc) is 2.25. The van der Waals surface area contributed by atoms with Gasteiger partial charge in [0.05, 0.1) is 38.9 Å². The Labute approximate surface area is 99.1 Å². The van der Waals surface area contributed by atoms with Crippen molar-refractivity contribution in [2.45, 2.75) is 6.55 Å². The molecule has 1 unspecified atom stereocenters. The lowest BCUT2D eigenvalue weighted by molar-refractivity contribution is 0.0740. The summed E-state index contributed by atoms with van der Waals surface area (Å²) >= 11 is 0. The molecule has 0 radical (unpaired) electrons. The van der Waals surface area contributed by atoms with E-state index in [1.165, 1.54) is 0 Å². The number of methoxy groups -OCH3 is 3. The Hall–Kier alpha value is 0.0169. The van der Waals surface area contributed by atoms with E-state index >= 15 is 0 Å². The second-order valence-electron chi connectivity index (χ2n) is 3.77. The molecule has 98 valence electrons. The van der Waals surface area contributed by atoms with Gasteiger partial charge in [0.2, 0.25) is 8.32 Å². The molecule has 0 amide bonds. The third-order valence-electron chi connectivity index (χ3n) is 2.03. The van der Waals surface area contributed by atoms with Crippen molar-refractivity contribution in [3.8, 4) is 0 Å². The van der Waals surface area contributed by atoms with Crippen LogP contribution in [-0.2, 0) is 23.4 Å². The van der Waals surface area contributed by atoms with Gasteiger partial charge in [-0.3, -0.25) is 0 Å². The lowest BCUT2D eigenvalue weighted by atomic mass is 10.8. The standard InChI is InChI=1S/C10H24O5Si/c1-11-5-7-14-10-16(4,9-13-3)15-8-6-12-2/h5-10H2,1-4H3. The van der Waals surface area contributed by atoms with Crippen LogP contribution in [-0.4, -0.2) is 68.5 Å². The molecular formula is C10H24O5Si. The van der Waals surface area contributed by atoms with E-state index in [9.17, 15) is 0 Å². The fourth-order valence-corrected chi connectivity index (χ4v) is 3.24. The molecule has 0 heterocycles. The van der Waals surface area contributed by atoms with Crippen LogP contribution in [0, 0.1) is 0 Å². The summed E-state index contributed by atoms with van der Waals surface area (Å²) in [6.07, 6.45) is 1.25. The van der Waals surface area contributed by atoms with Crippen molar-refractivity contribution >= 4 is 8.32 Å². The van der Waals surface area contributed by atoms with Gasteiger partial charge >= 0.3 is 0 Å². The summed E-state index contributed by atoms with van der Waals surface area (Å²) < 4.78 is 26.4. The van der Waals surface area contributed by atoms with Gasteiger partial charge in [0.25, 0.3) is 0 Å². The van der Waals surface area contributed by atoms with Gasteiger partial charge in [-0.05, 0) is 6.55 Å². The van der Waals surface area contributed by atoms with Crippen LogP contribution < -0.4 is 0 Å². The van der Waals surface area contributed by atoms with Crippen LogP contribution in [0.25, 0.3) is 0 Å². The molecule has 0 aromatic rings. The van der Waals surface area contributed by atoms with Crippen LogP contribution in [0.1, 0.15) is 0 Å². The molecule has 0 aliphatic rings. The summed E-state index contributed by atoms with van der Waals surface area (Å²) in [7, 11) is 3.08. The first-order chi connectivity index (χ1) is 7.68. The van der Waals surface area contributed by atoms with Crippen molar-refractivity contribution in [3.63, 3.8) is 0 Å². The van der Waals surface area contributed by atoms with Crippen molar-refractivity contribution in [1.29, 1.82) is 0 Å². The van der Waals surface area contributed by atoms with Gasteiger partial charge in [-0.15, -0.1) is 0 Å². The van der Waals surface area contributed by atoms with E-state index in [1.54, 1.807) is 21.3 Å². The summed E-state index contributed by atoms with van der Waals surface area (Å²) in [6, 6.07) is 0. The van der Waals surface area contributed by atoms with Crippen LogP contribution in [0.5, 0.6) is 0 Å². The van der Waals surface area contributed by atoms with Crippen LogP contribution in [0.4, 0.5) is 0 Å². The number of hydrogen-bond acceptors (Lipinski definition) is 5. The molecule has 0 saturated heterocycles. The minimum atomic E-state index is -1.92. The second kappa shape index (κ2) is 10.2. The van der Waals surface area contributed by atoms with Gasteiger partial charge < -0.3 is 23.4 Å². The van der Waals surface area contributed by atoms with E-state index in [4.69, 9.17) is 23.4 Å². The SMILES string of the molecule is COCCOC[Si](C)(COC)OCCOC. The van der Waals surface area contributed by atoms with Crippen molar-refractivity contribution in [2.24, 2.45) is 0 Å². The zero-order chi connectivity index (χ0) is 12.3. The molecule has 0 aromatic carbocycles. The van der Waals surface area contributed by atoms with Crippen LogP contribution in [0.15, 0.2) is 0 Å². The van der Waals surface area contributed by atoms with Crippen LogP contribution in [0.3, 0.4) is 0 Å². The highest BCUT2D eigenvalue weighted by Gasteiger charge is 2.29. The number of ether oxygens (including phenoxy) is 4. The van der Waals surface area contributed by atoms with E-state index < -0.39 is 8.32 Å². The third-order valence-corrected chi connectivity index (χ3v) is 4.64. The van der Waals surface area contributed by atoms with Gasteiger partial charge in [-0.25, -0.2) is 0 Å². The molecule has 0 rings (SSSR count). The third kappa shape index (κ3) is 8.20. The minimum absolute atomic E-state index is 0.593. The molecule has 5 nitrogen and oxygen atoms in total. The van der Waals surface area contributed by atoms with E-state index in [1.807, 2.05) is 0 Å². The Kier molecular flexibility index (Phi) is 10.2. The summed E-state index contributed by atoms with van der Waals surface area (Å²) in [4.78, 5) is 0. The first kappa shape index (κ1) is 16.0. The summed E-state index contributed by atoms with van der Waals surface area (Å²) in [5.74, 6) is 0. The second-order valence-corrected chi connectivity index (χ2v) is 7.54. The first-order valence-electron chi connectivity index (χ1n) is 5.37. The van der Waals surface area contributed by atoms with Crippen molar-refractivity contribution in [2.75, 3.05) is 60.2 Å². The first-order valence-corrected chi connectivity index (χ1v) is 8.19. The quantitative estimate of drug-likeness (QED) is 0.398. The minimum Gasteiger partial charge on any atom is -0.410 e. The number of hydrogen-bond donors (Lipinski definition) is 0. The van der Waals surface area contributed by atoms with Crippen molar-refractivity contribution in [1.82, 2.24) is 0 Å². The van der Waals surface area contributed by atoms with E-state index in [0.29, 0.717) is 38.9 Å². The molecule has 1 atom stereocenters. The fourth-order valence-electron chi connectivity index (χ4n) is 1.23. The largest absolute Gasteiger partial charge is 0.410 e. The number of rotatable bonds is 11. The Bertz CT molecular complexity index is 158. The molecule has 0 fully saturated rings. The van der Waals surface area contributed by atoms with Gasteiger partial charge in [-0.2, -0.15) is 0 Å². The van der Waals surface area contributed by atoms with Crippen molar-refractivity contribution in [3.05, 3.63) is 0 Å². The van der Waals surface area contributed by atoms with Crippen LogP contribution in [0.2, 0.25) is 6.55 Å². The molecule has 16 heavy (non-hydrogen) atoms. The molecule has 0 aliphatic carbocycles. The highest BCUT2D eigenvalue weighted by Crippen LogP contribution is 2.06. The molecule has 0 spiro atoms. The smallest absolute Gasteiger partial charge is 0.240 e. The van der Waals surface area contributed by atoms with Gasteiger partial charge in [0, 0.05) is 21.3 Å². The predicted octanol–water partition coefficient (Wildman–Crippen LogP) is 0.613. The zero-order valence-electron chi connectivity index (χ0n) is 10.8. The zero-order valence-corrected chi connectivity index (χ0v) is 11.8. The predicted molar refractivity (Wildman–Crippen MR) is 64.0 cm³/mol. The monoisotopic (exact) mass is 252 g/mol. The normalized spacial score (nSPS) is 15.0. The summed E-state index contributed by atoms with van der Waals surface area (Å²) in [6.45, 7) is 4.49. The Morgan fingerprint density at radius 2 is 1.38 bits per heavy atom. The molecule has 6 heteroatoms. The molecule has 0 aliphatic heterocycles. The summed E-state index contributed by atoms with van der Waals surface area (Å²) in [5.41, 5.74) is 0. The van der Waals surface area contributed by atoms with E-state index in [0.717, 1.165) is 0 Å². The van der Waals surface area contributed by atoms with Crippen molar-refractivity contribution < 1.29 is 23.4 Å². The molecular weight excluding hydrogens is 228 g/mol. The lowest BCUT2D eigenvalue weighted by Gasteiger charge is -2.26. The van der Waals surface area contributed by atoms with Crippen LogP contribution >= 0.6 is 0 Å². The Morgan fingerprint density at radius 3 is 1.94 bits per heavy atom. The maximum atomic E-state index is 5.81. The van der Waals surface area contributed by atoms with E-state index in [-0.39, 0.29) is 0 Å². The summed E-state index contributed by atoms with van der Waals surface area (Å²) in [5, 5.41) is 0. The maximum absolute atomic E-state index is 5.81. The topological polar surface area (TPSA) is 46.2 Å². The lowest BCUT2D eigenvalue weighted by Crippen LogP contribution is -2.46.